The van der Waals surface area contributed by atoms with Crippen LogP contribution in [0.25, 0.3) is 0 Å². The average molecular weight is 296 g/mol. The van der Waals surface area contributed by atoms with E-state index in [9.17, 15) is 4.79 Å². The third-order valence-electron chi connectivity index (χ3n) is 2.26. The largest absolute Gasteiger partial charge is 0.476 e. The van der Waals surface area contributed by atoms with E-state index in [1.165, 1.54) is 12.1 Å². The Hall–Kier alpha value is -1.73. The van der Waals surface area contributed by atoms with Crippen LogP contribution in [0.2, 0.25) is 5.02 Å². The zero-order valence-electron chi connectivity index (χ0n) is 12.3. The van der Waals surface area contributed by atoms with Crippen molar-refractivity contribution in [3.63, 3.8) is 0 Å². The Labute approximate surface area is 124 Å². The number of rotatable bonds is 3. The SMILES string of the molecule is CC(C)(C)OC(=O)C(C)(C)Oc1cc(Cl)cc(C#N)c1. The number of nitriles is 1. The standard InChI is InChI=1S/C15H18ClNO3/c1-14(2,3)20-13(18)15(4,5)19-12-7-10(9-17)6-11(16)8-12/h6-8H,1-5H3. The molecule has 0 N–H and O–H groups in total. The topological polar surface area (TPSA) is 59.3 Å². The predicted octanol–water partition coefficient (Wildman–Crippen LogP) is 3.71. The quantitative estimate of drug-likeness (QED) is 0.798. The van der Waals surface area contributed by atoms with E-state index in [0.29, 0.717) is 16.3 Å². The van der Waals surface area contributed by atoms with E-state index in [-0.39, 0.29) is 0 Å². The maximum Gasteiger partial charge on any atom is 0.350 e. The summed E-state index contributed by atoms with van der Waals surface area (Å²) < 4.78 is 10.9. The van der Waals surface area contributed by atoms with Crippen LogP contribution in [0.1, 0.15) is 40.2 Å². The normalized spacial score (nSPS) is 11.7. The lowest BCUT2D eigenvalue weighted by atomic mass is 10.1. The lowest BCUT2D eigenvalue weighted by Crippen LogP contribution is -2.43. The fourth-order valence-corrected chi connectivity index (χ4v) is 1.65. The van der Waals surface area contributed by atoms with Crippen LogP contribution in [0.4, 0.5) is 0 Å². The molecule has 0 aliphatic carbocycles. The van der Waals surface area contributed by atoms with Gasteiger partial charge in [0.1, 0.15) is 11.4 Å². The summed E-state index contributed by atoms with van der Waals surface area (Å²) >= 11 is 5.90. The van der Waals surface area contributed by atoms with Crippen molar-refractivity contribution in [2.75, 3.05) is 0 Å². The third-order valence-corrected chi connectivity index (χ3v) is 2.48. The number of hydrogen-bond acceptors (Lipinski definition) is 4. The van der Waals surface area contributed by atoms with Gasteiger partial charge in [-0.05, 0) is 52.8 Å². The molecule has 0 radical (unpaired) electrons. The van der Waals surface area contributed by atoms with E-state index in [4.69, 9.17) is 26.3 Å². The number of esters is 1. The molecule has 0 fully saturated rings. The van der Waals surface area contributed by atoms with Gasteiger partial charge in [0.25, 0.3) is 0 Å². The second-order valence-electron chi connectivity index (χ2n) is 5.90. The Bertz CT molecular complexity index is 553. The summed E-state index contributed by atoms with van der Waals surface area (Å²) in [5, 5.41) is 9.27. The van der Waals surface area contributed by atoms with Crippen LogP contribution in [0, 0.1) is 11.3 Å². The molecular weight excluding hydrogens is 278 g/mol. The first-order chi connectivity index (χ1) is 9.03. The van der Waals surface area contributed by atoms with Gasteiger partial charge < -0.3 is 9.47 Å². The molecule has 0 bridgehead atoms. The summed E-state index contributed by atoms with van der Waals surface area (Å²) in [6.07, 6.45) is 0. The molecule has 0 amide bonds. The van der Waals surface area contributed by atoms with E-state index < -0.39 is 17.2 Å². The Morgan fingerprint density at radius 2 is 1.80 bits per heavy atom. The van der Waals surface area contributed by atoms with Crippen molar-refractivity contribution < 1.29 is 14.3 Å². The van der Waals surface area contributed by atoms with Crippen LogP contribution in [0.3, 0.4) is 0 Å². The van der Waals surface area contributed by atoms with Crippen molar-refractivity contribution in [2.45, 2.75) is 45.8 Å². The van der Waals surface area contributed by atoms with Crippen molar-refractivity contribution in [1.82, 2.24) is 0 Å². The van der Waals surface area contributed by atoms with Gasteiger partial charge >= 0.3 is 5.97 Å². The minimum atomic E-state index is -1.18. The Balaban J connectivity index is 2.94. The predicted molar refractivity (Wildman–Crippen MR) is 76.7 cm³/mol. The smallest absolute Gasteiger partial charge is 0.350 e. The molecule has 0 unspecified atom stereocenters. The Kier molecular flexibility index (Phi) is 4.67. The summed E-state index contributed by atoms with van der Waals surface area (Å²) in [6.45, 7) is 8.57. The monoisotopic (exact) mass is 295 g/mol. The van der Waals surface area contributed by atoms with Gasteiger partial charge in [0.05, 0.1) is 11.6 Å². The summed E-state index contributed by atoms with van der Waals surface area (Å²) in [5.74, 6) is -0.131. The highest BCUT2D eigenvalue weighted by atomic mass is 35.5. The van der Waals surface area contributed by atoms with Crippen LogP contribution in [0.5, 0.6) is 5.75 Å². The van der Waals surface area contributed by atoms with Crippen LogP contribution in [-0.2, 0) is 9.53 Å². The van der Waals surface area contributed by atoms with E-state index >= 15 is 0 Å². The van der Waals surface area contributed by atoms with Crippen molar-refractivity contribution in [3.8, 4) is 11.8 Å². The first kappa shape index (κ1) is 16.3. The van der Waals surface area contributed by atoms with Crippen LogP contribution in [0.15, 0.2) is 18.2 Å². The molecule has 1 rings (SSSR count). The summed E-state index contributed by atoms with van der Waals surface area (Å²) in [4.78, 5) is 12.1. The van der Waals surface area contributed by atoms with E-state index in [2.05, 4.69) is 0 Å². The zero-order chi connectivity index (χ0) is 15.6. The number of halogens is 1. The van der Waals surface area contributed by atoms with E-state index in [0.717, 1.165) is 0 Å². The van der Waals surface area contributed by atoms with Crippen molar-refractivity contribution in [1.29, 1.82) is 5.26 Å². The van der Waals surface area contributed by atoms with Crippen LogP contribution in [-0.4, -0.2) is 17.2 Å². The van der Waals surface area contributed by atoms with Crippen molar-refractivity contribution in [2.24, 2.45) is 0 Å². The number of carbonyl (C=O) groups is 1. The average Bonchev–Trinajstić information content (AvgIpc) is 2.25. The first-order valence-electron chi connectivity index (χ1n) is 6.17. The zero-order valence-corrected chi connectivity index (χ0v) is 13.0. The highest BCUT2D eigenvalue weighted by Crippen LogP contribution is 2.26. The number of carbonyl (C=O) groups excluding carboxylic acids is 1. The maximum absolute atomic E-state index is 12.1. The Morgan fingerprint density at radius 3 is 2.30 bits per heavy atom. The molecular formula is C15H18ClNO3. The molecule has 20 heavy (non-hydrogen) atoms. The van der Waals surface area contributed by atoms with Crippen molar-refractivity contribution >= 4 is 17.6 Å². The van der Waals surface area contributed by atoms with E-state index in [1.54, 1.807) is 40.7 Å². The number of nitrogens with zero attached hydrogens (tertiary/aromatic N) is 1. The molecule has 1 aromatic rings. The molecule has 0 spiro atoms. The van der Waals surface area contributed by atoms with Gasteiger partial charge in [-0.15, -0.1) is 0 Å². The van der Waals surface area contributed by atoms with Gasteiger partial charge in [0.2, 0.25) is 0 Å². The van der Waals surface area contributed by atoms with Gasteiger partial charge in [-0.3, -0.25) is 0 Å². The number of benzene rings is 1. The van der Waals surface area contributed by atoms with Crippen molar-refractivity contribution in [3.05, 3.63) is 28.8 Å². The molecule has 108 valence electrons. The maximum atomic E-state index is 12.1. The summed E-state index contributed by atoms with van der Waals surface area (Å²) in [7, 11) is 0. The second kappa shape index (κ2) is 5.72. The fraction of sp³-hybridized carbons (Fsp3) is 0.467. The first-order valence-corrected chi connectivity index (χ1v) is 6.54. The number of ether oxygens (including phenoxy) is 2. The van der Waals surface area contributed by atoms with Crippen LogP contribution < -0.4 is 4.74 Å². The van der Waals surface area contributed by atoms with Gasteiger partial charge in [0.15, 0.2) is 5.60 Å². The number of hydrogen-bond donors (Lipinski definition) is 0. The van der Waals surface area contributed by atoms with Crippen LogP contribution >= 0.6 is 11.6 Å². The molecule has 0 saturated heterocycles. The minimum Gasteiger partial charge on any atom is -0.476 e. The molecule has 1 aromatic carbocycles. The molecule has 0 saturated carbocycles. The molecule has 5 heteroatoms. The molecule has 0 atom stereocenters. The molecule has 0 heterocycles. The van der Waals surface area contributed by atoms with Gasteiger partial charge in [-0.2, -0.15) is 5.26 Å². The van der Waals surface area contributed by atoms with Gasteiger partial charge in [-0.1, -0.05) is 11.6 Å². The lowest BCUT2D eigenvalue weighted by Gasteiger charge is -2.29. The summed E-state index contributed by atoms with van der Waals surface area (Å²) in [6, 6.07) is 6.58. The minimum absolute atomic E-state index is 0.352. The molecule has 0 aliphatic rings. The third kappa shape index (κ3) is 4.75. The van der Waals surface area contributed by atoms with Gasteiger partial charge in [0, 0.05) is 5.02 Å². The lowest BCUT2D eigenvalue weighted by molar-refractivity contribution is -0.170. The fourth-order valence-electron chi connectivity index (χ4n) is 1.42. The van der Waals surface area contributed by atoms with E-state index in [1.807, 2.05) is 6.07 Å². The molecule has 4 nitrogen and oxygen atoms in total. The Morgan fingerprint density at radius 1 is 1.20 bits per heavy atom. The van der Waals surface area contributed by atoms with Gasteiger partial charge in [-0.25, -0.2) is 4.79 Å². The summed E-state index contributed by atoms with van der Waals surface area (Å²) in [5.41, 5.74) is -1.40. The highest BCUT2D eigenvalue weighted by Gasteiger charge is 2.34. The highest BCUT2D eigenvalue weighted by molar-refractivity contribution is 6.30. The molecule has 0 aromatic heterocycles. The molecule has 0 aliphatic heterocycles. The second-order valence-corrected chi connectivity index (χ2v) is 6.34.